The van der Waals surface area contributed by atoms with Crippen molar-refractivity contribution in [2.24, 2.45) is 0 Å². The van der Waals surface area contributed by atoms with E-state index in [2.05, 4.69) is 48.5 Å². The normalized spacial score (nSPS) is 11.2. The minimum absolute atomic E-state index is 0.217. The van der Waals surface area contributed by atoms with Crippen molar-refractivity contribution >= 4 is 21.5 Å². The average molecular weight is 467 g/mol. The van der Waals surface area contributed by atoms with Crippen molar-refractivity contribution in [3.8, 4) is 22.6 Å². The van der Waals surface area contributed by atoms with Gasteiger partial charge in [-0.1, -0.05) is 109 Å². The van der Waals surface area contributed by atoms with Crippen molar-refractivity contribution in [2.75, 3.05) is 0 Å². The molecule has 0 saturated heterocycles. The predicted octanol–water partition coefficient (Wildman–Crippen LogP) is 8.25. The molecular formula is C34H26O2. The summed E-state index contributed by atoms with van der Waals surface area (Å²) in [4.78, 5) is 0. The number of hydrogen-bond acceptors (Lipinski definition) is 2. The Labute approximate surface area is 210 Å². The molecule has 6 rings (SSSR count). The van der Waals surface area contributed by atoms with Gasteiger partial charge in [0.2, 0.25) is 0 Å². The highest BCUT2D eigenvalue weighted by molar-refractivity contribution is 6.10. The van der Waals surface area contributed by atoms with Crippen molar-refractivity contribution in [1.29, 1.82) is 0 Å². The first-order valence-corrected chi connectivity index (χ1v) is 12.2. The van der Waals surface area contributed by atoms with E-state index in [1.807, 2.05) is 72.8 Å². The fraction of sp³-hybridized carbons (Fsp3) is 0.0588. The standard InChI is InChI=1S/C34H26O2/c35-33-27(19-23-11-3-1-4-12-23)21-25-15-7-9-17-29(25)31(33)32-30-18-10-8-16-26(30)22-28(34(32)36)20-24-13-5-2-6-14-24/h1-18,21-22,35-36H,19-20H2. The van der Waals surface area contributed by atoms with E-state index >= 15 is 0 Å². The lowest BCUT2D eigenvalue weighted by atomic mass is 9.87. The van der Waals surface area contributed by atoms with Gasteiger partial charge in [0.05, 0.1) is 0 Å². The van der Waals surface area contributed by atoms with Crippen LogP contribution >= 0.6 is 0 Å². The highest BCUT2D eigenvalue weighted by Crippen LogP contribution is 2.48. The highest BCUT2D eigenvalue weighted by Gasteiger charge is 2.22. The minimum atomic E-state index is 0.217. The first-order chi connectivity index (χ1) is 17.7. The summed E-state index contributed by atoms with van der Waals surface area (Å²) in [5, 5.41) is 27.4. The van der Waals surface area contributed by atoms with Gasteiger partial charge in [-0.2, -0.15) is 0 Å². The maximum absolute atomic E-state index is 11.8. The zero-order chi connectivity index (χ0) is 24.5. The van der Waals surface area contributed by atoms with E-state index in [-0.39, 0.29) is 11.5 Å². The van der Waals surface area contributed by atoms with Gasteiger partial charge >= 0.3 is 0 Å². The monoisotopic (exact) mass is 466 g/mol. The summed E-state index contributed by atoms with van der Waals surface area (Å²) in [6.45, 7) is 0. The molecule has 0 atom stereocenters. The summed E-state index contributed by atoms with van der Waals surface area (Å²) < 4.78 is 0. The fourth-order valence-corrected chi connectivity index (χ4v) is 5.20. The molecule has 0 aromatic heterocycles. The number of benzene rings is 6. The van der Waals surface area contributed by atoms with Crippen LogP contribution < -0.4 is 0 Å². The van der Waals surface area contributed by atoms with Crippen LogP contribution in [-0.4, -0.2) is 10.2 Å². The molecule has 0 aliphatic carbocycles. The summed E-state index contributed by atoms with van der Waals surface area (Å²) in [5.74, 6) is 0.435. The molecule has 0 spiro atoms. The van der Waals surface area contributed by atoms with Gasteiger partial charge in [0.15, 0.2) is 0 Å². The SMILES string of the molecule is Oc1c(Cc2ccccc2)cc2ccccc2c1-c1c(O)c(Cc2ccccc2)cc2ccccc12. The lowest BCUT2D eigenvalue weighted by Crippen LogP contribution is -1.96. The molecule has 174 valence electrons. The molecule has 2 N–H and O–H groups in total. The first kappa shape index (κ1) is 21.9. The molecule has 0 heterocycles. The summed E-state index contributed by atoms with van der Waals surface area (Å²) in [6, 6.07) is 40.6. The van der Waals surface area contributed by atoms with Crippen LogP contribution in [0.25, 0.3) is 32.7 Å². The van der Waals surface area contributed by atoms with E-state index in [0.29, 0.717) is 24.0 Å². The molecule has 2 nitrogen and oxygen atoms in total. The third-order valence-electron chi connectivity index (χ3n) is 6.93. The quantitative estimate of drug-likeness (QED) is 0.268. The Hall–Kier alpha value is -4.56. The molecule has 36 heavy (non-hydrogen) atoms. The Kier molecular flexibility index (Phi) is 5.63. The molecule has 0 amide bonds. The number of phenols is 2. The lowest BCUT2D eigenvalue weighted by molar-refractivity contribution is 0.464. The van der Waals surface area contributed by atoms with E-state index in [4.69, 9.17) is 0 Å². The van der Waals surface area contributed by atoms with E-state index in [0.717, 1.165) is 43.8 Å². The average Bonchev–Trinajstić information content (AvgIpc) is 2.92. The zero-order valence-electron chi connectivity index (χ0n) is 19.9. The van der Waals surface area contributed by atoms with E-state index in [1.54, 1.807) is 0 Å². The lowest BCUT2D eigenvalue weighted by Gasteiger charge is -2.19. The van der Waals surface area contributed by atoms with Crippen LogP contribution in [0.4, 0.5) is 0 Å². The molecular weight excluding hydrogens is 440 g/mol. The highest BCUT2D eigenvalue weighted by atomic mass is 16.3. The van der Waals surface area contributed by atoms with Gasteiger partial charge < -0.3 is 10.2 Å². The molecule has 2 heteroatoms. The van der Waals surface area contributed by atoms with Crippen LogP contribution in [0.2, 0.25) is 0 Å². The molecule has 0 radical (unpaired) electrons. The van der Waals surface area contributed by atoms with Crippen LogP contribution in [0.1, 0.15) is 22.3 Å². The van der Waals surface area contributed by atoms with Crippen molar-refractivity contribution < 1.29 is 10.2 Å². The summed E-state index contributed by atoms with van der Waals surface area (Å²) in [5.41, 5.74) is 5.30. The van der Waals surface area contributed by atoms with Crippen molar-refractivity contribution in [1.82, 2.24) is 0 Å². The summed E-state index contributed by atoms with van der Waals surface area (Å²) in [7, 11) is 0. The molecule has 0 saturated carbocycles. The second kappa shape index (κ2) is 9.24. The van der Waals surface area contributed by atoms with Gasteiger partial charge in [-0.3, -0.25) is 0 Å². The van der Waals surface area contributed by atoms with Crippen LogP contribution in [0.5, 0.6) is 11.5 Å². The predicted molar refractivity (Wildman–Crippen MR) is 149 cm³/mol. The molecule has 6 aromatic carbocycles. The molecule has 6 aromatic rings. The van der Waals surface area contributed by atoms with Gasteiger partial charge in [-0.05, 0) is 55.9 Å². The van der Waals surface area contributed by atoms with Crippen molar-refractivity contribution in [3.05, 3.63) is 144 Å². The molecule has 0 unspecified atom stereocenters. The van der Waals surface area contributed by atoms with Crippen molar-refractivity contribution in [3.63, 3.8) is 0 Å². The molecule has 0 bridgehead atoms. The Morgan fingerprint density at radius 1 is 0.417 bits per heavy atom. The molecule has 0 aliphatic heterocycles. The third kappa shape index (κ3) is 3.97. The maximum atomic E-state index is 11.8. The Balaban J connectivity index is 1.64. The van der Waals surface area contributed by atoms with Gasteiger partial charge in [-0.25, -0.2) is 0 Å². The van der Waals surface area contributed by atoms with Crippen LogP contribution in [0.3, 0.4) is 0 Å². The van der Waals surface area contributed by atoms with Gasteiger partial charge in [0, 0.05) is 24.0 Å². The second-order valence-electron chi connectivity index (χ2n) is 9.29. The van der Waals surface area contributed by atoms with E-state index in [9.17, 15) is 10.2 Å². The fourth-order valence-electron chi connectivity index (χ4n) is 5.20. The van der Waals surface area contributed by atoms with E-state index in [1.165, 1.54) is 0 Å². The number of fused-ring (bicyclic) bond motifs is 2. The number of hydrogen-bond donors (Lipinski definition) is 2. The number of rotatable bonds is 5. The smallest absolute Gasteiger partial charge is 0.127 e. The second-order valence-corrected chi connectivity index (χ2v) is 9.29. The molecule has 0 fully saturated rings. The third-order valence-corrected chi connectivity index (χ3v) is 6.93. The zero-order valence-corrected chi connectivity index (χ0v) is 19.9. The molecule has 0 aliphatic rings. The number of aromatic hydroxyl groups is 2. The van der Waals surface area contributed by atoms with Gasteiger partial charge in [-0.15, -0.1) is 0 Å². The topological polar surface area (TPSA) is 40.5 Å². The summed E-state index contributed by atoms with van der Waals surface area (Å²) >= 11 is 0. The van der Waals surface area contributed by atoms with Gasteiger partial charge in [0.1, 0.15) is 11.5 Å². The van der Waals surface area contributed by atoms with Crippen LogP contribution in [-0.2, 0) is 12.8 Å². The van der Waals surface area contributed by atoms with Crippen LogP contribution in [0, 0.1) is 0 Å². The summed E-state index contributed by atoms with van der Waals surface area (Å²) in [6.07, 6.45) is 1.21. The maximum Gasteiger partial charge on any atom is 0.127 e. The Bertz CT molecular complexity index is 1560. The van der Waals surface area contributed by atoms with Crippen molar-refractivity contribution in [2.45, 2.75) is 12.8 Å². The Morgan fingerprint density at radius 2 is 0.778 bits per heavy atom. The largest absolute Gasteiger partial charge is 0.507 e. The van der Waals surface area contributed by atoms with Gasteiger partial charge in [0.25, 0.3) is 0 Å². The Morgan fingerprint density at radius 3 is 1.19 bits per heavy atom. The van der Waals surface area contributed by atoms with E-state index < -0.39 is 0 Å². The van der Waals surface area contributed by atoms with Crippen LogP contribution in [0.15, 0.2) is 121 Å². The number of phenolic OH excluding ortho intramolecular Hbond substituents is 2. The minimum Gasteiger partial charge on any atom is -0.507 e. The first-order valence-electron chi connectivity index (χ1n) is 12.2.